The molecule has 6 heteroatoms. The standard InChI is InChI=1S/C6H10F2O3S/c1-3-11-5(9)6(7,8)4-12(2)10/h3-4H2,1-2H3. The second-order valence-electron chi connectivity index (χ2n) is 2.14. The maximum atomic E-state index is 12.6. The van der Waals surface area contributed by atoms with Crippen molar-refractivity contribution < 1.29 is 22.5 Å². The zero-order valence-corrected chi connectivity index (χ0v) is 7.62. The van der Waals surface area contributed by atoms with Crippen molar-refractivity contribution in [3.8, 4) is 0 Å². The summed E-state index contributed by atoms with van der Waals surface area (Å²) >= 11 is 0. The number of esters is 1. The van der Waals surface area contributed by atoms with E-state index in [1.165, 1.54) is 6.92 Å². The third-order valence-corrected chi connectivity index (χ3v) is 1.73. The lowest BCUT2D eigenvalue weighted by Crippen LogP contribution is -2.36. The van der Waals surface area contributed by atoms with Crippen LogP contribution in [-0.4, -0.2) is 34.7 Å². The highest BCUT2D eigenvalue weighted by Gasteiger charge is 2.41. The van der Waals surface area contributed by atoms with Gasteiger partial charge in [0.2, 0.25) is 0 Å². The van der Waals surface area contributed by atoms with Crippen LogP contribution in [0.1, 0.15) is 6.92 Å². The molecule has 1 unspecified atom stereocenters. The van der Waals surface area contributed by atoms with E-state index in [0.29, 0.717) is 0 Å². The van der Waals surface area contributed by atoms with Gasteiger partial charge in [0.15, 0.2) is 0 Å². The number of carbonyl (C=O) groups excluding carboxylic acids is 1. The van der Waals surface area contributed by atoms with E-state index in [1.54, 1.807) is 0 Å². The van der Waals surface area contributed by atoms with Crippen molar-refractivity contribution >= 4 is 16.8 Å². The van der Waals surface area contributed by atoms with E-state index < -0.39 is 28.4 Å². The first kappa shape index (κ1) is 11.5. The van der Waals surface area contributed by atoms with Gasteiger partial charge in [0.1, 0.15) is 0 Å². The van der Waals surface area contributed by atoms with E-state index >= 15 is 0 Å². The highest BCUT2D eigenvalue weighted by molar-refractivity contribution is 7.84. The molecule has 0 aliphatic rings. The molecule has 0 bridgehead atoms. The number of rotatable bonds is 4. The molecule has 0 radical (unpaired) electrons. The Hall–Kier alpha value is -0.520. The zero-order chi connectivity index (χ0) is 9.78. The Morgan fingerprint density at radius 2 is 2.08 bits per heavy atom. The Balaban J connectivity index is 4.18. The number of hydrogen-bond donors (Lipinski definition) is 0. The molecule has 0 amide bonds. The Kier molecular flexibility index (Phi) is 4.30. The molecule has 0 aromatic rings. The van der Waals surface area contributed by atoms with Gasteiger partial charge >= 0.3 is 11.9 Å². The van der Waals surface area contributed by atoms with Gasteiger partial charge in [-0.2, -0.15) is 8.78 Å². The van der Waals surface area contributed by atoms with E-state index in [9.17, 15) is 17.8 Å². The molecule has 0 spiro atoms. The Labute approximate surface area is 71.5 Å². The molecule has 0 aliphatic heterocycles. The highest BCUT2D eigenvalue weighted by Crippen LogP contribution is 2.16. The van der Waals surface area contributed by atoms with Crippen LogP contribution >= 0.6 is 0 Å². The van der Waals surface area contributed by atoms with Crippen LogP contribution < -0.4 is 0 Å². The van der Waals surface area contributed by atoms with Crippen LogP contribution in [0.3, 0.4) is 0 Å². The summed E-state index contributed by atoms with van der Waals surface area (Å²) < 4.78 is 39.7. The molecule has 0 N–H and O–H groups in total. The van der Waals surface area contributed by atoms with Gasteiger partial charge in [0, 0.05) is 17.1 Å². The van der Waals surface area contributed by atoms with Crippen molar-refractivity contribution in [3.63, 3.8) is 0 Å². The Morgan fingerprint density at radius 1 is 1.58 bits per heavy atom. The summed E-state index contributed by atoms with van der Waals surface area (Å²) in [7, 11) is -1.71. The number of carbonyl (C=O) groups is 1. The lowest BCUT2D eigenvalue weighted by molar-refractivity contribution is -0.168. The minimum atomic E-state index is -3.63. The van der Waals surface area contributed by atoms with Crippen molar-refractivity contribution in [2.75, 3.05) is 18.6 Å². The number of alkyl halides is 2. The molecule has 0 rings (SSSR count). The van der Waals surface area contributed by atoms with Gasteiger partial charge in [-0.15, -0.1) is 0 Å². The van der Waals surface area contributed by atoms with Crippen molar-refractivity contribution in [2.45, 2.75) is 12.8 Å². The molecule has 0 saturated heterocycles. The molecule has 72 valence electrons. The first-order valence-corrected chi connectivity index (χ1v) is 4.98. The second-order valence-corrected chi connectivity index (χ2v) is 3.58. The maximum absolute atomic E-state index is 12.6. The van der Waals surface area contributed by atoms with Gasteiger partial charge < -0.3 is 4.74 Å². The first-order chi connectivity index (χ1) is 5.40. The minimum absolute atomic E-state index is 0.106. The van der Waals surface area contributed by atoms with E-state index in [4.69, 9.17) is 0 Å². The van der Waals surface area contributed by atoms with Gasteiger partial charge in [-0.05, 0) is 6.92 Å². The molecule has 12 heavy (non-hydrogen) atoms. The van der Waals surface area contributed by atoms with Crippen LogP contribution in [0.4, 0.5) is 8.78 Å². The van der Waals surface area contributed by atoms with Crippen molar-refractivity contribution in [2.24, 2.45) is 0 Å². The maximum Gasteiger partial charge on any atom is 0.377 e. The lowest BCUT2D eigenvalue weighted by Gasteiger charge is -2.12. The second kappa shape index (κ2) is 4.49. The zero-order valence-electron chi connectivity index (χ0n) is 6.80. The SMILES string of the molecule is CCOC(=O)C(F)(F)CS(C)=O. The normalized spacial score (nSPS) is 14.0. The quantitative estimate of drug-likeness (QED) is 0.623. The summed E-state index contributed by atoms with van der Waals surface area (Å²) in [6, 6.07) is 0. The number of ether oxygens (including phenoxy) is 1. The molecule has 0 aliphatic carbocycles. The summed E-state index contributed by atoms with van der Waals surface area (Å²) in [6.45, 7) is 1.32. The number of halogens is 2. The third kappa shape index (κ3) is 3.75. The molecule has 0 aromatic carbocycles. The fourth-order valence-electron chi connectivity index (χ4n) is 0.551. The third-order valence-electron chi connectivity index (χ3n) is 0.959. The van der Waals surface area contributed by atoms with Crippen molar-refractivity contribution in [1.29, 1.82) is 0 Å². The Morgan fingerprint density at radius 3 is 2.42 bits per heavy atom. The summed E-state index contributed by atoms with van der Waals surface area (Å²) in [5.74, 6) is -6.22. The van der Waals surface area contributed by atoms with E-state index in [-0.39, 0.29) is 6.61 Å². The highest BCUT2D eigenvalue weighted by atomic mass is 32.2. The van der Waals surface area contributed by atoms with Crippen molar-refractivity contribution in [3.05, 3.63) is 0 Å². The molecule has 0 heterocycles. The minimum Gasteiger partial charge on any atom is -0.462 e. The van der Waals surface area contributed by atoms with E-state index in [1.807, 2.05) is 0 Å². The fraction of sp³-hybridized carbons (Fsp3) is 0.833. The summed E-state index contributed by atoms with van der Waals surface area (Å²) in [5.41, 5.74) is 0. The first-order valence-electron chi connectivity index (χ1n) is 3.25. The smallest absolute Gasteiger partial charge is 0.377 e. The molecular formula is C6H10F2O3S. The van der Waals surface area contributed by atoms with Gasteiger partial charge in [0.05, 0.1) is 12.4 Å². The van der Waals surface area contributed by atoms with Gasteiger partial charge in [-0.1, -0.05) is 0 Å². The van der Waals surface area contributed by atoms with E-state index in [0.717, 1.165) is 6.26 Å². The van der Waals surface area contributed by atoms with Crippen LogP contribution in [0.5, 0.6) is 0 Å². The van der Waals surface area contributed by atoms with Gasteiger partial charge in [0.25, 0.3) is 0 Å². The van der Waals surface area contributed by atoms with Crippen LogP contribution in [-0.2, 0) is 20.3 Å². The van der Waals surface area contributed by atoms with Crippen LogP contribution in [0, 0.1) is 0 Å². The van der Waals surface area contributed by atoms with Gasteiger partial charge in [-0.25, -0.2) is 4.79 Å². The predicted molar refractivity (Wildman–Crippen MR) is 40.5 cm³/mol. The van der Waals surface area contributed by atoms with Crippen LogP contribution in [0.15, 0.2) is 0 Å². The summed E-state index contributed by atoms with van der Waals surface area (Å²) in [5, 5.41) is 0. The molecule has 0 fully saturated rings. The molecular weight excluding hydrogens is 190 g/mol. The molecule has 0 aromatic heterocycles. The lowest BCUT2D eigenvalue weighted by atomic mass is 10.4. The molecule has 1 atom stereocenters. The van der Waals surface area contributed by atoms with Gasteiger partial charge in [-0.3, -0.25) is 4.21 Å². The topological polar surface area (TPSA) is 43.4 Å². The van der Waals surface area contributed by atoms with Crippen molar-refractivity contribution in [1.82, 2.24) is 0 Å². The Bertz CT molecular complexity index is 193. The predicted octanol–water partition coefficient (Wildman–Crippen LogP) is 0.563. The monoisotopic (exact) mass is 200 g/mol. The largest absolute Gasteiger partial charge is 0.462 e. The average molecular weight is 200 g/mol. The average Bonchev–Trinajstić information content (AvgIpc) is 1.85. The molecule has 0 saturated carbocycles. The summed E-state index contributed by atoms with van der Waals surface area (Å²) in [4.78, 5) is 10.5. The molecule has 3 nitrogen and oxygen atoms in total. The van der Waals surface area contributed by atoms with E-state index in [2.05, 4.69) is 4.74 Å². The van der Waals surface area contributed by atoms with Crippen LogP contribution in [0.2, 0.25) is 0 Å². The fourth-order valence-corrected chi connectivity index (χ4v) is 1.18. The number of hydrogen-bond acceptors (Lipinski definition) is 3. The summed E-state index contributed by atoms with van der Waals surface area (Å²) in [6.07, 6.45) is 1.10. The van der Waals surface area contributed by atoms with Crippen LogP contribution in [0.25, 0.3) is 0 Å².